The maximum Gasteiger partial charge on any atom is 0.271 e. The average molecular weight is 495 g/mol. The number of aromatic nitrogens is 1. The molecule has 6 heteroatoms. The maximum atomic E-state index is 13.6. The van der Waals surface area contributed by atoms with Crippen molar-refractivity contribution in [3.8, 4) is 0 Å². The minimum absolute atomic E-state index is 0.0284. The lowest BCUT2D eigenvalue weighted by atomic mass is 10.1. The number of Topliss-reactive ketones (excluding diaryl/α,β-unsaturated/α-hetero) is 1. The highest BCUT2D eigenvalue weighted by atomic mass is 32.2. The molecule has 0 fully saturated rings. The summed E-state index contributed by atoms with van der Waals surface area (Å²) < 4.78 is 3.15. The van der Waals surface area contributed by atoms with Gasteiger partial charge in [0.2, 0.25) is 0 Å². The van der Waals surface area contributed by atoms with Crippen molar-refractivity contribution in [2.75, 3.05) is 0 Å². The molecule has 35 heavy (non-hydrogen) atoms. The van der Waals surface area contributed by atoms with Gasteiger partial charge in [0.1, 0.15) is 14.2 Å². The van der Waals surface area contributed by atoms with Gasteiger partial charge >= 0.3 is 0 Å². The predicted octanol–water partition coefficient (Wildman–Crippen LogP) is 4.45. The number of fused-ring (bicyclic) bond motifs is 1. The van der Waals surface area contributed by atoms with Crippen LogP contribution in [0.2, 0.25) is 0 Å². The van der Waals surface area contributed by atoms with Gasteiger partial charge in [0.15, 0.2) is 5.78 Å². The van der Waals surface area contributed by atoms with E-state index in [0.29, 0.717) is 23.1 Å². The van der Waals surface area contributed by atoms with Crippen molar-refractivity contribution >= 4 is 50.1 Å². The van der Waals surface area contributed by atoms with E-state index < -0.39 is 0 Å². The van der Waals surface area contributed by atoms with Crippen molar-refractivity contribution in [1.82, 2.24) is 9.88 Å². The van der Waals surface area contributed by atoms with E-state index in [-0.39, 0.29) is 11.3 Å². The number of thiazole rings is 1. The molecule has 172 valence electrons. The Morgan fingerprint density at radius 2 is 1.51 bits per heavy atom. The van der Waals surface area contributed by atoms with Gasteiger partial charge in [0.25, 0.3) is 5.56 Å². The van der Waals surface area contributed by atoms with Crippen LogP contribution < -0.4 is 20.1 Å². The summed E-state index contributed by atoms with van der Waals surface area (Å²) in [7, 11) is 0. The van der Waals surface area contributed by atoms with Crippen molar-refractivity contribution in [2.45, 2.75) is 19.9 Å². The highest BCUT2D eigenvalue weighted by molar-refractivity contribution is 8.16. The number of benzene rings is 3. The highest BCUT2D eigenvalue weighted by Crippen LogP contribution is 2.44. The second-order valence-corrected chi connectivity index (χ2v) is 10.4. The molecular formula is C29H22N2O2S2. The number of thioether (sulfide) groups is 1. The molecule has 0 spiro atoms. The highest BCUT2D eigenvalue weighted by Gasteiger charge is 2.28. The number of ketones is 1. The number of carbonyl (C=O) groups excluding carboxylic acids is 1. The summed E-state index contributed by atoms with van der Waals surface area (Å²) in [5.41, 5.74) is 5.58. The Morgan fingerprint density at radius 3 is 2.20 bits per heavy atom. The van der Waals surface area contributed by atoms with Gasteiger partial charge in [0.05, 0.1) is 5.70 Å². The first-order chi connectivity index (χ1) is 17.2. The maximum absolute atomic E-state index is 13.6. The molecule has 0 unspecified atom stereocenters. The van der Waals surface area contributed by atoms with E-state index in [1.54, 1.807) is 16.3 Å². The van der Waals surface area contributed by atoms with Gasteiger partial charge in [-0.1, -0.05) is 96.7 Å². The fourth-order valence-electron chi connectivity index (χ4n) is 4.62. The van der Waals surface area contributed by atoms with Crippen LogP contribution in [0.25, 0.3) is 21.2 Å². The summed E-state index contributed by atoms with van der Waals surface area (Å²) in [5, 5.41) is 4.37. The standard InChI is InChI=1S/C29H22N2O2S2/c1-2-31-28(33)26(35-29(31)22-17-20-15-9-10-16-21(20)24(22)32)27-30-23(18-11-5-3-6-12-18)25(34-27)19-13-7-4-8-14-19/h3-16,30H,2,17H2,1H3. The Balaban J connectivity index is 1.54. The third kappa shape index (κ3) is 3.70. The van der Waals surface area contributed by atoms with Crippen molar-refractivity contribution in [3.63, 3.8) is 0 Å². The summed E-state index contributed by atoms with van der Waals surface area (Å²) >= 11 is 3.00. The van der Waals surface area contributed by atoms with E-state index >= 15 is 0 Å². The first-order valence-electron chi connectivity index (χ1n) is 11.6. The van der Waals surface area contributed by atoms with Crippen LogP contribution in [-0.4, -0.2) is 10.4 Å². The van der Waals surface area contributed by atoms with E-state index in [4.69, 9.17) is 0 Å². The number of rotatable bonds is 3. The van der Waals surface area contributed by atoms with E-state index in [9.17, 15) is 9.59 Å². The molecule has 0 saturated heterocycles. The van der Waals surface area contributed by atoms with Crippen LogP contribution >= 0.6 is 23.1 Å². The van der Waals surface area contributed by atoms with E-state index in [0.717, 1.165) is 42.5 Å². The summed E-state index contributed by atoms with van der Waals surface area (Å²) in [6, 6.07) is 28.1. The van der Waals surface area contributed by atoms with Gasteiger partial charge in [0, 0.05) is 29.0 Å². The molecule has 1 aliphatic heterocycles. The lowest BCUT2D eigenvalue weighted by molar-refractivity contribution is 0.105. The topological polar surface area (TPSA) is 51.1 Å². The average Bonchev–Trinajstić information content (AvgIpc) is 3.58. The molecule has 0 amide bonds. The molecule has 0 saturated carbocycles. The van der Waals surface area contributed by atoms with E-state index in [1.807, 2.05) is 67.6 Å². The normalized spacial score (nSPS) is 18.1. The molecule has 4 nitrogen and oxygen atoms in total. The van der Waals surface area contributed by atoms with Crippen molar-refractivity contribution < 1.29 is 4.79 Å². The van der Waals surface area contributed by atoms with Gasteiger partial charge in [-0.25, -0.2) is 0 Å². The lowest BCUT2D eigenvalue weighted by Crippen LogP contribution is -2.33. The third-order valence-electron chi connectivity index (χ3n) is 6.34. The second-order valence-electron chi connectivity index (χ2n) is 8.42. The quantitative estimate of drug-likeness (QED) is 0.457. The van der Waals surface area contributed by atoms with Crippen LogP contribution in [0.4, 0.5) is 0 Å². The Morgan fingerprint density at radius 1 is 0.857 bits per heavy atom. The number of nitrogens with zero attached hydrogens (tertiary/aromatic N) is 1. The largest absolute Gasteiger partial charge is 0.347 e. The van der Waals surface area contributed by atoms with Gasteiger partial charge < -0.3 is 5.32 Å². The lowest BCUT2D eigenvalue weighted by Gasteiger charge is -2.06. The molecule has 2 aliphatic rings. The van der Waals surface area contributed by atoms with Crippen molar-refractivity contribution in [1.29, 1.82) is 0 Å². The molecule has 1 N–H and O–H groups in total. The Hall–Kier alpha value is -3.61. The van der Waals surface area contributed by atoms with Crippen LogP contribution in [0.5, 0.6) is 0 Å². The molecule has 0 radical (unpaired) electrons. The molecule has 1 aromatic heterocycles. The van der Waals surface area contributed by atoms with Crippen LogP contribution in [-0.2, 0) is 13.0 Å². The zero-order chi connectivity index (χ0) is 23.9. The first kappa shape index (κ1) is 21.9. The Kier molecular flexibility index (Phi) is 5.55. The number of carbonyl (C=O) groups is 1. The zero-order valence-corrected chi connectivity index (χ0v) is 20.7. The summed E-state index contributed by atoms with van der Waals surface area (Å²) in [6.45, 7) is 2.47. The van der Waals surface area contributed by atoms with E-state index in [2.05, 4.69) is 29.6 Å². The fourth-order valence-corrected chi connectivity index (χ4v) is 7.08. The third-order valence-corrected chi connectivity index (χ3v) is 8.86. The van der Waals surface area contributed by atoms with Gasteiger partial charge in [-0.05, 0) is 23.6 Å². The minimum Gasteiger partial charge on any atom is -0.347 e. The SMILES string of the molecule is CCn1c(=C2Cc3ccccc3C2=O)sc(=C2NC(c3ccccc3)=C(c3ccccc3)S2)c1=O. The minimum atomic E-state index is -0.0551. The summed E-state index contributed by atoms with van der Waals surface area (Å²) in [5.74, 6) is 0.0284. The second kappa shape index (κ2) is 8.87. The van der Waals surface area contributed by atoms with Gasteiger partial charge in [-0.3, -0.25) is 14.2 Å². The number of nitrogens with one attached hydrogen (secondary N) is 1. The molecule has 4 aromatic rings. The summed E-state index contributed by atoms with van der Waals surface area (Å²) in [4.78, 5) is 27.9. The number of hydrogen-bond acceptors (Lipinski definition) is 5. The van der Waals surface area contributed by atoms with Crippen molar-refractivity contribution in [2.24, 2.45) is 0 Å². The first-order valence-corrected chi connectivity index (χ1v) is 13.2. The molecule has 6 rings (SSSR count). The summed E-state index contributed by atoms with van der Waals surface area (Å²) in [6.07, 6.45) is 0.563. The molecule has 1 aliphatic carbocycles. The van der Waals surface area contributed by atoms with Gasteiger partial charge in [-0.2, -0.15) is 0 Å². The smallest absolute Gasteiger partial charge is 0.271 e. The molecule has 0 bridgehead atoms. The molecule has 0 atom stereocenters. The molecular weight excluding hydrogens is 472 g/mol. The van der Waals surface area contributed by atoms with Crippen LogP contribution in [0, 0.1) is 0 Å². The van der Waals surface area contributed by atoms with Crippen molar-refractivity contribution in [3.05, 3.63) is 127 Å². The van der Waals surface area contributed by atoms with E-state index in [1.165, 1.54) is 11.3 Å². The fraction of sp³-hybridized carbons (Fsp3) is 0.103. The molecule has 2 heterocycles. The Labute approximate surface area is 211 Å². The van der Waals surface area contributed by atoms with Crippen LogP contribution in [0.1, 0.15) is 34.0 Å². The number of hydrogen-bond donors (Lipinski definition) is 1. The van der Waals surface area contributed by atoms with Gasteiger partial charge in [-0.15, -0.1) is 11.3 Å². The zero-order valence-electron chi connectivity index (χ0n) is 19.1. The molecule has 3 aromatic carbocycles. The predicted molar refractivity (Wildman–Crippen MR) is 145 cm³/mol. The van der Waals surface area contributed by atoms with Crippen LogP contribution in [0.3, 0.4) is 0 Å². The monoisotopic (exact) mass is 494 g/mol. The Bertz CT molecular complexity index is 1630. The van der Waals surface area contributed by atoms with Crippen LogP contribution in [0.15, 0.2) is 89.7 Å².